The number of nitrogens with zero attached hydrogens (tertiary/aromatic N) is 1. The fourth-order valence-corrected chi connectivity index (χ4v) is 3.57. The highest BCUT2D eigenvalue weighted by molar-refractivity contribution is 7.91. The minimum absolute atomic E-state index is 0.239. The van der Waals surface area contributed by atoms with E-state index in [0.717, 1.165) is 6.42 Å². The smallest absolute Gasteiger partial charge is 0.152 e. The molecule has 0 saturated carbocycles. The normalized spacial score (nSPS) is 21.6. The summed E-state index contributed by atoms with van der Waals surface area (Å²) in [5, 5.41) is 0. The Balaban J connectivity index is 1.98. The second-order valence-electron chi connectivity index (χ2n) is 4.77. The topological polar surface area (TPSA) is 63.4 Å². The molecule has 1 aliphatic heterocycles. The van der Waals surface area contributed by atoms with Crippen molar-refractivity contribution < 1.29 is 8.42 Å². The van der Waals surface area contributed by atoms with Gasteiger partial charge in [-0.1, -0.05) is 30.3 Å². The van der Waals surface area contributed by atoms with E-state index in [0.29, 0.717) is 19.6 Å². The van der Waals surface area contributed by atoms with Gasteiger partial charge in [-0.2, -0.15) is 0 Å². The van der Waals surface area contributed by atoms with Gasteiger partial charge in [-0.3, -0.25) is 4.90 Å². The van der Waals surface area contributed by atoms with Gasteiger partial charge in [-0.15, -0.1) is 0 Å². The predicted molar refractivity (Wildman–Crippen MR) is 73.2 cm³/mol. The maximum atomic E-state index is 11.4. The SMILES string of the molecule is NCC(Cc1ccccc1)N1CCS(=O)(=O)CC1. The Morgan fingerprint density at radius 1 is 1.17 bits per heavy atom. The zero-order valence-corrected chi connectivity index (χ0v) is 11.3. The summed E-state index contributed by atoms with van der Waals surface area (Å²) in [5.74, 6) is 0.524. The number of benzene rings is 1. The third kappa shape index (κ3) is 3.54. The van der Waals surface area contributed by atoms with Gasteiger partial charge in [-0.25, -0.2) is 8.42 Å². The maximum absolute atomic E-state index is 11.4. The number of sulfone groups is 1. The molecule has 1 fully saturated rings. The molecule has 0 aliphatic carbocycles. The Morgan fingerprint density at radius 2 is 1.78 bits per heavy atom. The Hall–Kier alpha value is -0.910. The molecule has 1 aliphatic rings. The minimum Gasteiger partial charge on any atom is -0.329 e. The number of rotatable bonds is 4. The van der Waals surface area contributed by atoms with Crippen molar-refractivity contribution in [1.29, 1.82) is 0 Å². The van der Waals surface area contributed by atoms with Crippen molar-refractivity contribution in [3.05, 3.63) is 35.9 Å². The van der Waals surface area contributed by atoms with Crippen LogP contribution in [0.4, 0.5) is 0 Å². The summed E-state index contributed by atoms with van der Waals surface area (Å²) in [6.07, 6.45) is 0.886. The standard InChI is InChI=1S/C13H20N2O2S/c14-11-13(10-12-4-2-1-3-5-12)15-6-8-18(16,17)9-7-15/h1-5,13H,6-11,14H2. The van der Waals surface area contributed by atoms with E-state index >= 15 is 0 Å². The average molecular weight is 268 g/mol. The van der Waals surface area contributed by atoms with Crippen LogP contribution in [0, 0.1) is 0 Å². The van der Waals surface area contributed by atoms with Crippen molar-refractivity contribution in [3.8, 4) is 0 Å². The van der Waals surface area contributed by atoms with Gasteiger partial charge in [-0.05, 0) is 12.0 Å². The third-order valence-electron chi connectivity index (χ3n) is 3.48. The highest BCUT2D eigenvalue weighted by atomic mass is 32.2. The van der Waals surface area contributed by atoms with Crippen LogP contribution in [0.3, 0.4) is 0 Å². The lowest BCUT2D eigenvalue weighted by Gasteiger charge is -2.33. The predicted octanol–water partition coefficient (Wildman–Crippen LogP) is 0.287. The van der Waals surface area contributed by atoms with Crippen LogP contribution in [0.5, 0.6) is 0 Å². The molecule has 0 aromatic heterocycles. The van der Waals surface area contributed by atoms with Crippen LogP contribution in [0.1, 0.15) is 5.56 Å². The summed E-state index contributed by atoms with van der Waals surface area (Å²) in [4.78, 5) is 2.20. The Labute approximate surface area is 109 Å². The van der Waals surface area contributed by atoms with E-state index in [1.165, 1.54) is 5.56 Å². The zero-order valence-electron chi connectivity index (χ0n) is 10.5. The molecule has 0 radical (unpaired) electrons. The molecule has 0 spiro atoms. The maximum Gasteiger partial charge on any atom is 0.152 e. The third-order valence-corrected chi connectivity index (χ3v) is 5.09. The Bertz CT molecular complexity index is 459. The van der Waals surface area contributed by atoms with E-state index in [4.69, 9.17) is 5.73 Å². The molecule has 1 heterocycles. The minimum atomic E-state index is -2.81. The van der Waals surface area contributed by atoms with E-state index in [-0.39, 0.29) is 17.5 Å². The molecule has 100 valence electrons. The number of hydrogen-bond donors (Lipinski definition) is 1. The molecule has 1 aromatic rings. The highest BCUT2D eigenvalue weighted by Gasteiger charge is 2.26. The summed E-state index contributed by atoms with van der Waals surface area (Å²) < 4.78 is 22.8. The fourth-order valence-electron chi connectivity index (χ4n) is 2.34. The van der Waals surface area contributed by atoms with Crippen molar-refractivity contribution in [2.75, 3.05) is 31.1 Å². The lowest BCUT2D eigenvalue weighted by atomic mass is 10.0. The summed E-state index contributed by atoms with van der Waals surface area (Å²) in [7, 11) is -2.81. The molecule has 1 atom stereocenters. The molecule has 5 heteroatoms. The van der Waals surface area contributed by atoms with E-state index in [1.54, 1.807) is 0 Å². The molecule has 18 heavy (non-hydrogen) atoms. The van der Waals surface area contributed by atoms with Gasteiger partial charge in [0.25, 0.3) is 0 Å². The molecule has 1 saturated heterocycles. The van der Waals surface area contributed by atoms with Crippen LogP contribution in [0.25, 0.3) is 0 Å². The monoisotopic (exact) mass is 268 g/mol. The van der Waals surface area contributed by atoms with Gasteiger partial charge >= 0.3 is 0 Å². The second-order valence-corrected chi connectivity index (χ2v) is 7.07. The van der Waals surface area contributed by atoms with Crippen molar-refractivity contribution in [1.82, 2.24) is 4.90 Å². The first-order valence-electron chi connectivity index (χ1n) is 6.29. The molecular weight excluding hydrogens is 248 g/mol. The first-order chi connectivity index (χ1) is 8.61. The van der Waals surface area contributed by atoms with Crippen LogP contribution in [0.2, 0.25) is 0 Å². The molecule has 2 rings (SSSR count). The molecule has 2 N–H and O–H groups in total. The van der Waals surface area contributed by atoms with Gasteiger partial charge in [0.15, 0.2) is 9.84 Å². The van der Waals surface area contributed by atoms with Gasteiger partial charge < -0.3 is 5.73 Å². The molecule has 0 bridgehead atoms. The number of hydrogen-bond acceptors (Lipinski definition) is 4. The molecule has 1 unspecified atom stereocenters. The Morgan fingerprint density at radius 3 is 2.33 bits per heavy atom. The summed E-state index contributed by atoms with van der Waals surface area (Å²) >= 11 is 0. The average Bonchev–Trinajstić information content (AvgIpc) is 2.38. The summed E-state index contributed by atoms with van der Waals surface area (Å²) in [6.45, 7) is 1.78. The van der Waals surface area contributed by atoms with Crippen LogP contribution in [0.15, 0.2) is 30.3 Å². The van der Waals surface area contributed by atoms with Gasteiger partial charge in [0, 0.05) is 25.7 Å². The van der Waals surface area contributed by atoms with Crippen LogP contribution in [-0.2, 0) is 16.3 Å². The zero-order chi connectivity index (χ0) is 13.0. The van der Waals surface area contributed by atoms with E-state index in [9.17, 15) is 8.42 Å². The largest absolute Gasteiger partial charge is 0.329 e. The van der Waals surface area contributed by atoms with Crippen molar-refractivity contribution in [2.24, 2.45) is 5.73 Å². The van der Waals surface area contributed by atoms with Crippen LogP contribution >= 0.6 is 0 Å². The first kappa shape index (κ1) is 13.5. The van der Waals surface area contributed by atoms with E-state index in [2.05, 4.69) is 17.0 Å². The first-order valence-corrected chi connectivity index (χ1v) is 8.11. The fraction of sp³-hybridized carbons (Fsp3) is 0.538. The van der Waals surface area contributed by atoms with Crippen LogP contribution in [-0.4, -0.2) is 50.5 Å². The quantitative estimate of drug-likeness (QED) is 0.852. The molecule has 1 aromatic carbocycles. The van der Waals surface area contributed by atoms with Gasteiger partial charge in [0.2, 0.25) is 0 Å². The summed E-state index contributed by atoms with van der Waals surface area (Å²) in [6, 6.07) is 10.4. The van der Waals surface area contributed by atoms with Gasteiger partial charge in [0.05, 0.1) is 11.5 Å². The van der Waals surface area contributed by atoms with E-state index in [1.807, 2.05) is 18.2 Å². The summed E-state index contributed by atoms with van der Waals surface area (Å²) in [5.41, 5.74) is 7.08. The lowest BCUT2D eigenvalue weighted by Crippen LogP contribution is -2.49. The number of nitrogens with two attached hydrogens (primary N) is 1. The van der Waals surface area contributed by atoms with Crippen molar-refractivity contribution in [2.45, 2.75) is 12.5 Å². The van der Waals surface area contributed by atoms with Crippen molar-refractivity contribution >= 4 is 9.84 Å². The van der Waals surface area contributed by atoms with E-state index < -0.39 is 9.84 Å². The van der Waals surface area contributed by atoms with Gasteiger partial charge in [0.1, 0.15) is 0 Å². The van der Waals surface area contributed by atoms with Crippen LogP contribution < -0.4 is 5.73 Å². The molecule has 4 nitrogen and oxygen atoms in total. The highest BCUT2D eigenvalue weighted by Crippen LogP contribution is 2.12. The Kier molecular flexibility index (Phi) is 4.37. The molecule has 0 amide bonds. The van der Waals surface area contributed by atoms with Crippen molar-refractivity contribution in [3.63, 3.8) is 0 Å². The lowest BCUT2D eigenvalue weighted by molar-refractivity contribution is 0.215. The second kappa shape index (κ2) is 5.82. The molecular formula is C13H20N2O2S.